The van der Waals surface area contributed by atoms with Crippen LogP contribution in [0.25, 0.3) is 0 Å². The number of halogens is 1. The lowest BCUT2D eigenvalue weighted by atomic mass is 9.91. The minimum Gasteiger partial charge on any atom is -0.494 e. The molecule has 8 heteroatoms. The highest BCUT2D eigenvalue weighted by Gasteiger charge is 2.58. The van der Waals surface area contributed by atoms with Crippen LogP contribution in [0.5, 0.6) is 5.75 Å². The lowest BCUT2D eigenvalue weighted by Crippen LogP contribution is -2.35. The Morgan fingerprint density at radius 2 is 1.89 bits per heavy atom. The molecular weight excluding hydrogens is 388 g/mol. The third-order valence-electron chi connectivity index (χ3n) is 5.62. The smallest absolute Gasteiger partial charge is 0.226 e. The van der Waals surface area contributed by atoms with E-state index in [1.165, 1.54) is 6.26 Å². The highest BCUT2D eigenvalue weighted by atomic mass is 35.5. The van der Waals surface area contributed by atoms with Crippen molar-refractivity contribution in [2.75, 3.05) is 39.5 Å². The molecule has 1 spiro atoms. The van der Waals surface area contributed by atoms with Gasteiger partial charge in [0, 0.05) is 25.8 Å². The Labute approximate surface area is 168 Å². The number of piperidine rings is 1. The van der Waals surface area contributed by atoms with Crippen LogP contribution in [0.15, 0.2) is 29.2 Å². The summed E-state index contributed by atoms with van der Waals surface area (Å²) in [6.07, 6.45) is 5.20. The predicted molar refractivity (Wildman–Crippen MR) is 107 cm³/mol. The van der Waals surface area contributed by atoms with Crippen LogP contribution in [0.4, 0.5) is 0 Å². The maximum atomic E-state index is 12.6. The molecule has 0 radical (unpaired) electrons. The van der Waals surface area contributed by atoms with Gasteiger partial charge in [0.05, 0.1) is 11.5 Å². The van der Waals surface area contributed by atoms with Gasteiger partial charge in [0.2, 0.25) is 5.91 Å². The Balaban J connectivity index is 0.00000261. The van der Waals surface area contributed by atoms with Crippen molar-refractivity contribution in [3.8, 4) is 5.75 Å². The molecule has 152 valence electrons. The fourth-order valence-electron chi connectivity index (χ4n) is 3.83. The zero-order chi connectivity index (χ0) is 18.8. The van der Waals surface area contributed by atoms with E-state index in [-0.39, 0.29) is 34.5 Å². The molecule has 1 aliphatic carbocycles. The first-order chi connectivity index (χ1) is 12.3. The Kier molecular flexibility index (Phi) is 7.16. The largest absolute Gasteiger partial charge is 0.494 e. The highest BCUT2D eigenvalue weighted by Crippen LogP contribution is 2.59. The summed E-state index contributed by atoms with van der Waals surface area (Å²) in [5, 5.41) is 3.36. The fraction of sp³-hybridized carbons (Fsp3) is 0.632. The minimum atomic E-state index is -3.18. The molecule has 3 rings (SSSR count). The molecular formula is C19H29ClN2O4S. The predicted octanol–water partition coefficient (Wildman–Crippen LogP) is 2.13. The second-order valence-corrected chi connectivity index (χ2v) is 9.59. The summed E-state index contributed by atoms with van der Waals surface area (Å²) < 4.78 is 28.5. The number of nitrogens with zero attached hydrogens (tertiary/aromatic N) is 1. The van der Waals surface area contributed by atoms with Gasteiger partial charge in [-0.15, -0.1) is 12.4 Å². The number of carbonyl (C=O) groups is 1. The van der Waals surface area contributed by atoms with Crippen molar-refractivity contribution in [3.05, 3.63) is 24.3 Å². The van der Waals surface area contributed by atoms with Crippen LogP contribution in [0.1, 0.15) is 25.7 Å². The summed E-state index contributed by atoms with van der Waals surface area (Å²) in [4.78, 5) is 14.7. The van der Waals surface area contributed by atoms with Crippen molar-refractivity contribution in [1.82, 2.24) is 10.2 Å². The van der Waals surface area contributed by atoms with E-state index < -0.39 is 9.84 Å². The topological polar surface area (TPSA) is 75.7 Å². The van der Waals surface area contributed by atoms with Crippen LogP contribution in [0.3, 0.4) is 0 Å². The first kappa shape index (κ1) is 22.0. The molecule has 1 amide bonds. The van der Waals surface area contributed by atoms with Crippen molar-refractivity contribution in [2.45, 2.75) is 30.6 Å². The summed E-state index contributed by atoms with van der Waals surface area (Å²) in [7, 11) is -1.31. The maximum Gasteiger partial charge on any atom is 0.226 e. The van der Waals surface area contributed by atoms with Crippen molar-refractivity contribution in [2.24, 2.45) is 11.3 Å². The molecule has 0 aromatic heterocycles. The second-order valence-electron chi connectivity index (χ2n) is 7.57. The monoisotopic (exact) mass is 416 g/mol. The Morgan fingerprint density at radius 1 is 1.26 bits per heavy atom. The normalized spacial score (nSPS) is 20.6. The van der Waals surface area contributed by atoms with Gasteiger partial charge >= 0.3 is 0 Å². The highest BCUT2D eigenvalue weighted by molar-refractivity contribution is 7.90. The van der Waals surface area contributed by atoms with E-state index >= 15 is 0 Å². The van der Waals surface area contributed by atoms with Gasteiger partial charge in [0.15, 0.2) is 9.84 Å². The molecule has 1 unspecified atom stereocenters. The number of hydrogen-bond donors (Lipinski definition) is 1. The molecule has 2 fully saturated rings. The summed E-state index contributed by atoms with van der Waals surface area (Å²) in [6, 6.07) is 6.42. The molecule has 1 saturated heterocycles. The molecule has 1 aromatic carbocycles. The van der Waals surface area contributed by atoms with Gasteiger partial charge in [-0.25, -0.2) is 8.42 Å². The third kappa shape index (κ3) is 5.36. The van der Waals surface area contributed by atoms with Crippen molar-refractivity contribution < 1.29 is 17.9 Å². The average molecular weight is 417 g/mol. The molecule has 1 aromatic rings. The van der Waals surface area contributed by atoms with Crippen molar-refractivity contribution >= 4 is 28.2 Å². The van der Waals surface area contributed by atoms with Gasteiger partial charge in [-0.3, -0.25) is 4.79 Å². The van der Waals surface area contributed by atoms with E-state index in [1.54, 1.807) is 24.3 Å². The Morgan fingerprint density at radius 3 is 2.48 bits per heavy atom. The van der Waals surface area contributed by atoms with Gasteiger partial charge in [-0.05, 0) is 68.5 Å². The lowest BCUT2D eigenvalue weighted by Gasteiger charge is -2.25. The van der Waals surface area contributed by atoms with Gasteiger partial charge in [-0.2, -0.15) is 0 Å². The van der Waals surface area contributed by atoms with E-state index in [2.05, 4.69) is 5.32 Å². The van der Waals surface area contributed by atoms with Crippen LogP contribution in [-0.4, -0.2) is 58.8 Å². The number of ether oxygens (including phenoxy) is 1. The molecule has 6 nitrogen and oxygen atoms in total. The van der Waals surface area contributed by atoms with Gasteiger partial charge in [0.25, 0.3) is 0 Å². The van der Waals surface area contributed by atoms with Crippen LogP contribution in [-0.2, 0) is 14.6 Å². The van der Waals surface area contributed by atoms with Gasteiger partial charge < -0.3 is 15.0 Å². The number of hydrogen-bond acceptors (Lipinski definition) is 5. The van der Waals surface area contributed by atoms with E-state index in [0.717, 1.165) is 38.8 Å². The van der Waals surface area contributed by atoms with Gasteiger partial charge in [0.1, 0.15) is 5.75 Å². The van der Waals surface area contributed by atoms with Gasteiger partial charge in [-0.1, -0.05) is 0 Å². The number of benzene rings is 1. The van der Waals surface area contributed by atoms with Crippen LogP contribution < -0.4 is 10.1 Å². The van der Waals surface area contributed by atoms with E-state index in [4.69, 9.17) is 4.74 Å². The van der Waals surface area contributed by atoms with Crippen LogP contribution >= 0.6 is 12.4 Å². The molecule has 1 N–H and O–H groups in total. The number of nitrogens with one attached hydrogen (secondary N) is 1. The standard InChI is InChI=1S/C19H28N2O4S.ClH/c1-21(18(22)17-14-19(17)8-10-20-11-9-19)12-3-13-25-15-4-6-16(7-5-15)26(2,23)24;/h4-7,17,20H,3,8-14H2,1-2H3;1H. The molecule has 0 bridgehead atoms. The molecule has 2 aliphatic rings. The molecule has 1 saturated carbocycles. The molecule has 27 heavy (non-hydrogen) atoms. The Bertz CT molecular complexity index is 745. The second kappa shape index (κ2) is 8.80. The lowest BCUT2D eigenvalue weighted by molar-refractivity contribution is -0.132. The quantitative estimate of drug-likeness (QED) is 0.689. The first-order valence-corrected chi connectivity index (χ1v) is 11.1. The Hall–Kier alpha value is -1.31. The first-order valence-electron chi connectivity index (χ1n) is 9.20. The van der Waals surface area contributed by atoms with E-state index in [9.17, 15) is 13.2 Å². The van der Waals surface area contributed by atoms with Crippen molar-refractivity contribution in [3.63, 3.8) is 0 Å². The SMILES string of the molecule is CN(CCCOc1ccc(S(C)(=O)=O)cc1)C(=O)C1CC12CCNCC2.Cl. The number of rotatable bonds is 7. The number of carbonyl (C=O) groups excluding carboxylic acids is 1. The van der Waals surface area contributed by atoms with Crippen LogP contribution in [0, 0.1) is 11.3 Å². The zero-order valence-electron chi connectivity index (χ0n) is 15.9. The van der Waals surface area contributed by atoms with E-state index in [0.29, 0.717) is 18.9 Å². The van der Waals surface area contributed by atoms with Crippen LogP contribution in [0.2, 0.25) is 0 Å². The zero-order valence-corrected chi connectivity index (χ0v) is 17.6. The minimum absolute atomic E-state index is 0. The molecule has 1 atom stereocenters. The summed E-state index contributed by atoms with van der Waals surface area (Å²) in [5.41, 5.74) is 0.272. The maximum absolute atomic E-state index is 12.6. The number of sulfone groups is 1. The fourth-order valence-corrected chi connectivity index (χ4v) is 4.46. The van der Waals surface area contributed by atoms with E-state index in [1.807, 2.05) is 11.9 Å². The molecule has 1 heterocycles. The van der Waals surface area contributed by atoms with Crippen molar-refractivity contribution in [1.29, 1.82) is 0 Å². The molecule has 1 aliphatic heterocycles. The summed E-state index contributed by atoms with van der Waals surface area (Å²) in [5.74, 6) is 1.12. The summed E-state index contributed by atoms with van der Waals surface area (Å²) in [6.45, 7) is 3.22. The number of amides is 1. The average Bonchev–Trinajstić information content (AvgIpc) is 3.31. The summed E-state index contributed by atoms with van der Waals surface area (Å²) >= 11 is 0. The third-order valence-corrected chi connectivity index (χ3v) is 6.75.